The van der Waals surface area contributed by atoms with Crippen molar-refractivity contribution >= 4 is 23.5 Å². The molecular formula is C21H32N6O3. The average Bonchev–Trinajstić information content (AvgIpc) is 3.12. The number of hydrogen-bond acceptors (Lipinski definition) is 7. The van der Waals surface area contributed by atoms with Crippen molar-refractivity contribution in [2.45, 2.75) is 53.9 Å². The number of ether oxygens (including phenoxy) is 1. The molecule has 2 aromatic rings. The SMILES string of the molecule is CCOC(=O)CCc1c(C)nc2ncnn2c1N1CCN(C(=O)CC(C)(C)C)CC1. The lowest BCUT2D eigenvalue weighted by atomic mass is 9.91. The van der Waals surface area contributed by atoms with Crippen LogP contribution in [0, 0.1) is 12.3 Å². The van der Waals surface area contributed by atoms with Crippen LogP contribution < -0.4 is 4.90 Å². The highest BCUT2D eigenvalue weighted by molar-refractivity contribution is 5.77. The second-order valence-corrected chi connectivity index (χ2v) is 8.88. The molecule has 3 rings (SSSR count). The first-order valence-corrected chi connectivity index (χ1v) is 10.6. The van der Waals surface area contributed by atoms with Crippen molar-refractivity contribution in [2.75, 3.05) is 37.7 Å². The number of carbonyl (C=O) groups is 2. The highest BCUT2D eigenvalue weighted by Gasteiger charge is 2.28. The highest BCUT2D eigenvalue weighted by Crippen LogP contribution is 2.27. The summed E-state index contributed by atoms with van der Waals surface area (Å²) in [6.45, 7) is 13.1. The van der Waals surface area contributed by atoms with Crippen LogP contribution in [0.1, 0.15) is 51.8 Å². The Morgan fingerprint density at radius 1 is 1.17 bits per heavy atom. The minimum absolute atomic E-state index is 0.0242. The van der Waals surface area contributed by atoms with Gasteiger partial charge >= 0.3 is 5.97 Å². The Labute approximate surface area is 177 Å². The molecule has 9 heteroatoms. The van der Waals surface area contributed by atoms with E-state index in [9.17, 15) is 9.59 Å². The molecule has 30 heavy (non-hydrogen) atoms. The summed E-state index contributed by atoms with van der Waals surface area (Å²) in [6, 6.07) is 0. The van der Waals surface area contributed by atoms with Crippen molar-refractivity contribution in [3.63, 3.8) is 0 Å². The van der Waals surface area contributed by atoms with Crippen molar-refractivity contribution in [2.24, 2.45) is 5.41 Å². The summed E-state index contributed by atoms with van der Waals surface area (Å²) >= 11 is 0. The zero-order valence-electron chi connectivity index (χ0n) is 18.6. The minimum Gasteiger partial charge on any atom is -0.466 e. The number of aryl methyl sites for hydroxylation is 1. The van der Waals surface area contributed by atoms with E-state index in [-0.39, 0.29) is 23.7 Å². The summed E-state index contributed by atoms with van der Waals surface area (Å²) in [4.78, 5) is 37.5. The maximum atomic E-state index is 12.6. The van der Waals surface area contributed by atoms with Crippen LogP contribution in [0.15, 0.2) is 6.33 Å². The number of rotatable bonds is 6. The van der Waals surface area contributed by atoms with Crippen LogP contribution in [0.2, 0.25) is 0 Å². The first-order valence-electron chi connectivity index (χ1n) is 10.6. The van der Waals surface area contributed by atoms with Crippen molar-refractivity contribution in [1.29, 1.82) is 0 Å². The summed E-state index contributed by atoms with van der Waals surface area (Å²) in [6.07, 6.45) is 2.84. The number of fused-ring (bicyclic) bond motifs is 1. The number of piperazine rings is 1. The number of carbonyl (C=O) groups excluding carboxylic acids is 2. The molecule has 1 aliphatic heterocycles. The van der Waals surface area contributed by atoms with E-state index in [0.717, 1.165) is 17.1 Å². The number of nitrogens with zero attached hydrogens (tertiary/aromatic N) is 6. The first-order chi connectivity index (χ1) is 14.2. The predicted molar refractivity (Wildman–Crippen MR) is 113 cm³/mol. The van der Waals surface area contributed by atoms with E-state index in [2.05, 4.69) is 40.7 Å². The van der Waals surface area contributed by atoms with Crippen molar-refractivity contribution in [3.8, 4) is 0 Å². The van der Waals surface area contributed by atoms with Gasteiger partial charge in [0.2, 0.25) is 5.91 Å². The number of anilines is 1. The Bertz CT molecular complexity index is 909. The standard InChI is InChI=1S/C21H32N6O3/c1-6-30-18(29)8-7-16-15(2)24-20-22-14-23-27(20)19(16)26-11-9-25(10-12-26)17(28)13-21(3,4)5/h14H,6-13H2,1-5H3. The smallest absolute Gasteiger partial charge is 0.306 e. The molecule has 1 fully saturated rings. The highest BCUT2D eigenvalue weighted by atomic mass is 16.5. The lowest BCUT2D eigenvalue weighted by molar-refractivity contribution is -0.143. The van der Waals surface area contributed by atoms with E-state index in [1.807, 2.05) is 11.8 Å². The molecule has 2 aromatic heterocycles. The third-order valence-electron chi connectivity index (χ3n) is 5.20. The molecule has 0 saturated carbocycles. The predicted octanol–water partition coefficient (Wildman–Crippen LogP) is 2.01. The van der Waals surface area contributed by atoms with Crippen molar-refractivity contribution < 1.29 is 14.3 Å². The Morgan fingerprint density at radius 3 is 2.50 bits per heavy atom. The van der Waals surface area contributed by atoms with Gasteiger partial charge in [-0.1, -0.05) is 20.8 Å². The topological polar surface area (TPSA) is 92.9 Å². The van der Waals surface area contributed by atoms with E-state index in [1.54, 1.807) is 11.4 Å². The largest absolute Gasteiger partial charge is 0.466 e. The second-order valence-electron chi connectivity index (χ2n) is 8.88. The molecule has 9 nitrogen and oxygen atoms in total. The Balaban J connectivity index is 1.81. The summed E-state index contributed by atoms with van der Waals surface area (Å²) < 4.78 is 6.83. The molecule has 164 valence electrons. The summed E-state index contributed by atoms with van der Waals surface area (Å²) in [7, 11) is 0. The van der Waals surface area contributed by atoms with Gasteiger partial charge in [0, 0.05) is 50.3 Å². The normalized spacial score (nSPS) is 15.0. The molecule has 0 radical (unpaired) electrons. The van der Waals surface area contributed by atoms with E-state index in [0.29, 0.717) is 51.4 Å². The molecule has 3 heterocycles. The molecule has 0 atom stereocenters. The molecule has 1 aliphatic rings. The van der Waals surface area contributed by atoms with Gasteiger partial charge in [0.25, 0.3) is 5.78 Å². The average molecular weight is 417 g/mol. The van der Waals surface area contributed by atoms with Crippen molar-refractivity contribution in [3.05, 3.63) is 17.6 Å². The fourth-order valence-electron chi connectivity index (χ4n) is 3.78. The Kier molecular flexibility index (Phi) is 6.58. The third-order valence-corrected chi connectivity index (χ3v) is 5.20. The van der Waals surface area contributed by atoms with Gasteiger partial charge in [-0.15, -0.1) is 0 Å². The van der Waals surface area contributed by atoms with Gasteiger partial charge in [0.15, 0.2) is 0 Å². The molecule has 0 unspecified atom stereocenters. The van der Waals surface area contributed by atoms with E-state index in [4.69, 9.17) is 4.74 Å². The molecule has 1 saturated heterocycles. The molecule has 1 amide bonds. The van der Waals surface area contributed by atoms with Gasteiger partial charge in [-0.05, 0) is 25.7 Å². The molecule has 0 spiro atoms. The second kappa shape index (κ2) is 8.97. The van der Waals surface area contributed by atoms with Gasteiger partial charge < -0.3 is 14.5 Å². The van der Waals surface area contributed by atoms with Gasteiger partial charge in [-0.25, -0.2) is 4.98 Å². The fraction of sp³-hybridized carbons (Fsp3) is 0.667. The number of aromatic nitrogens is 4. The lowest BCUT2D eigenvalue weighted by Gasteiger charge is -2.37. The van der Waals surface area contributed by atoms with E-state index < -0.39 is 0 Å². The van der Waals surface area contributed by atoms with Crippen LogP contribution in [-0.4, -0.2) is 69.1 Å². The van der Waals surface area contributed by atoms with Gasteiger partial charge in [0.05, 0.1) is 6.61 Å². The van der Waals surface area contributed by atoms with E-state index in [1.165, 1.54) is 6.33 Å². The monoisotopic (exact) mass is 416 g/mol. The summed E-state index contributed by atoms with van der Waals surface area (Å²) in [5, 5.41) is 4.37. The van der Waals surface area contributed by atoms with Crippen LogP contribution in [-0.2, 0) is 20.7 Å². The molecular weight excluding hydrogens is 384 g/mol. The van der Waals surface area contributed by atoms with Crippen LogP contribution in [0.25, 0.3) is 5.78 Å². The van der Waals surface area contributed by atoms with Gasteiger partial charge in [-0.3, -0.25) is 9.59 Å². The minimum atomic E-state index is -0.223. The zero-order chi connectivity index (χ0) is 21.9. The summed E-state index contributed by atoms with van der Waals surface area (Å²) in [5.74, 6) is 1.41. The van der Waals surface area contributed by atoms with E-state index >= 15 is 0 Å². The maximum absolute atomic E-state index is 12.6. The van der Waals surface area contributed by atoms with Crippen LogP contribution in [0.4, 0.5) is 5.82 Å². The van der Waals surface area contributed by atoms with Crippen LogP contribution >= 0.6 is 0 Å². The quantitative estimate of drug-likeness (QED) is 0.665. The Morgan fingerprint density at radius 2 is 1.87 bits per heavy atom. The lowest BCUT2D eigenvalue weighted by Crippen LogP contribution is -2.50. The zero-order valence-corrected chi connectivity index (χ0v) is 18.6. The van der Waals surface area contributed by atoms with Crippen molar-refractivity contribution in [1.82, 2.24) is 24.5 Å². The number of hydrogen-bond donors (Lipinski definition) is 0. The van der Waals surface area contributed by atoms with Gasteiger partial charge in [0.1, 0.15) is 12.1 Å². The van der Waals surface area contributed by atoms with Crippen LogP contribution in [0.5, 0.6) is 0 Å². The molecule has 0 N–H and O–H groups in total. The Hall–Kier alpha value is -2.71. The first kappa shape index (κ1) is 22.0. The summed E-state index contributed by atoms with van der Waals surface area (Å²) in [5.41, 5.74) is 1.78. The third kappa shape index (κ3) is 5.06. The number of amides is 1. The number of esters is 1. The van der Waals surface area contributed by atoms with Gasteiger partial charge in [-0.2, -0.15) is 14.6 Å². The molecule has 0 aliphatic carbocycles. The fourth-order valence-corrected chi connectivity index (χ4v) is 3.78. The molecule has 0 aromatic carbocycles. The molecule has 0 bridgehead atoms. The van der Waals surface area contributed by atoms with Crippen LogP contribution in [0.3, 0.4) is 0 Å². The maximum Gasteiger partial charge on any atom is 0.306 e.